The number of amides is 1. The molecule has 1 aromatic carbocycles. The summed E-state index contributed by atoms with van der Waals surface area (Å²) in [7, 11) is -2.46. The first-order valence-electron chi connectivity index (χ1n) is 8.17. The fourth-order valence-electron chi connectivity index (χ4n) is 2.26. The Bertz CT molecular complexity index is 734. The lowest BCUT2D eigenvalue weighted by Crippen LogP contribution is -2.31. The smallest absolute Gasteiger partial charge is 0.411 e. The zero-order valence-corrected chi connectivity index (χ0v) is 16.1. The molecule has 0 unspecified atom stereocenters. The molecular formula is C16H23F3N2O5S. The summed E-state index contributed by atoms with van der Waals surface area (Å²) >= 11 is 0. The number of hydrogen-bond acceptors (Lipinski definition) is 5. The summed E-state index contributed by atoms with van der Waals surface area (Å²) in [4.78, 5) is 12.2. The van der Waals surface area contributed by atoms with Crippen LogP contribution < -0.4 is 10.1 Å². The number of halogens is 3. The molecule has 0 aliphatic carbocycles. The van der Waals surface area contributed by atoms with Gasteiger partial charge in [-0.15, -0.1) is 0 Å². The molecule has 0 aliphatic rings. The van der Waals surface area contributed by atoms with Crippen LogP contribution in [0.1, 0.15) is 24.2 Å². The first kappa shape index (κ1) is 23.2. The molecule has 7 nitrogen and oxygen atoms in total. The van der Waals surface area contributed by atoms with Crippen molar-refractivity contribution in [2.45, 2.75) is 24.9 Å². The Hall–Kier alpha value is -1.85. The van der Waals surface area contributed by atoms with E-state index in [-0.39, 0.29) is 42.4 Å². The van der Waals surface area contributed by atoms with Gasteiger partial charge in [0.2, 0.25) is 10.0 Å². The van der Waals surface area contributed by atoms with Gasteiger partial charge in [-0.3, -0.25) is 4.79 Å². The van der Waals surface area contributed by atoms with Crippen molar-refractivity contribution in [2.75, 3.05) is 40.0 Å². The van der Waals surface area contributed by atoms with Crippen LogP contribution in [0.25, 0.3) is 0 Å². The Morgan fingerprint density at radius 3 is 2.37 bits per heavy atom. The minimum absolute atomic E-state index is 0.0402. The van der Waals surface area contributed by atoms with Gasteiger partial charge in [-0.2, -0.15) is 17.5 Å². The number of hydrogen-bond donors (Lipinski definition) is 1. The summed E-state index contributed by atoms with van der Waals surface area (Å²) in [5.74, 6) is -0.540. The van der Waals surface area contributed by atoms with Crippen LogP contribution in [0.3, 0.4) is 0 Å². The van der Waals surface area contributed by atoms with Gasteiger partial charge < -0.3 is 14.8 Å². The number of alkyl halides is 3. The van der Waals surface area contributed by atoms with E-state index in [1.54, 1.807) is 13.8 Å². The molecule has 1 aromatic rings. The molecule has 1 amide bonds. The highest BCUT2D eigenvalue weighted by Gasteiger charge is 2.27. The van der Waals surface area contributed by atoms with Crippen molar-refractivity contribution in [2.24, 2.45) is 0 Å². The zero-order chi connectivity index (χ0) is 20.7. The number of nitrogens with zero attached hydrogens (tertiary/aromatic N) is 1. The monoisotopic (exact) mass is 412 g/mol. The maximum atomic E-state index is 12.6. The van der Waals surface area contributed by atoms with E-state index in [0.717, 1.165) is 0 Å². The molecule has 0 fully saturated rings. The van der Waals surface area contributed by atoms with Gasteiger partial charge in [-0.05, 0) is 18.2 Å². The minimum Gasteiger partial charge on any atom is -0.496 e. The van der Waals surface area contributed by atoms with Crippen LogP contribution in [0.2, 0.25) is 0 Å². The third kappa shape index (κ3) is 6.67. The highest BCUT2D eigenvalue weighted by Crippen LogP contribution is 2.24. The van der Waals surface area contributed by atoms with Crippen LogP contribution in [0.5, 0.6) is 5.75 Å². The van der Waals surface area contributed by atoms with Crippen molar-refractivity contribution in [1.29, 1.82) is 0 Å². The first-order chi connectivity index (χ1) is 12.6. The third-order valence-electron chi connectivity index (χ3n) is 3.56. The van der Waals surface area contributed by atoms with Crippen LogP contribution in [-0.4, -0.2) is 64.8 Å². The van der Waals surface area contributed by atoms with E-state index >= 15 is 0 Å². The van der Waals surface area contributed by atoms with Gasteiger partial charge in [0.05, 0.1) is 24.2 Å². The highest BCUT2D eigenvalue weighted by molar-refractivity contribution is 7.89. The van der Waals surface area contributed by atoms with Crippen LogP contribution in [-0.2, 0) is 14.8 Å². The summed E-state index contributed by atoms with van der Waals surface area (Å²) in [5.41, 5.74) is -0.0402. The van der Waals surface area contributed by atoms with Gasteiger partial charge in [0.15, 0.2) is 0 Å². The van der Waals surface area contributed by atoms with E-state index in [0.29, 0.717) is 0 Å². The second-order valence-corrected chi connectivity index (χ2v) is 7.31. The average molecular weight is 412 g/mol. The van der Waals surface area contributed by atoms with Gasteiger partial charge in [0.1, 0.15) is 12.4 Å². The summed E-state index contributed by atoms with van der Waals surface area (Å²) in [6, 6.07) is 3.86. The molecule has 0 spiro atoms. The fraction of sp³-hybridized carbons (Fsp3) is 0.562. The minimum atomic E-state index is -4.44. The molecule has 0 aromatic heterocycles. The van der Waals surface area contributed by atoms with Gasteiger partial charge in [0, 0.05) is 19.6 Å². The Labute approximate surface area is 156 Å². The first-order valence-corrected chi connectivity index (χ1v) is 9.61. The predicted octanol–water partition coefficient (Wildman–Crippen LogP) is 2.03. The Morgan fingerprint density at radius 1 is 1.22 bits per heavy atom. The van der Waals surface area contributed by atoms with E-state index in [9.17, 15) is 26.4 Å². The lowest BCUT2D eigenvalue weighted by atomic mass is 10.2. The van der Waals surface area contributed by atoms with Crippen LogP contribution in [0.15, 0.2) is 23.1 Å². The number of ether oxygens (including phenoxy) is 2. The molecule has 0 radical (unpaired) electrons. The topological polar surface area (TPSA) is 84.9 Å². The van der Waals surface area contributed by atoms with Gasteiger partial charge in [-0.1, -0.05) is 13.8 Å². The van der Waals surface area contributed by atoms with Crippen LogP contribution in [0.4, 0.5) is 13.2 Å². The molecule has 1 rings (SSSR count). The third-order valence-corrected chi connectivity index (χ3v) is 5.60. The molecule has 0 aliphatic heterocycles. The molecule has 1 N–H and O–H groups in total. The van der Waals surface area contributed by atoms with E-state index in [4.69, 9.17) is 4.74 Å². The molecular weight excluding hydrogens is 389 g/mol. The number of nitrogens with one attached hydrogen (secondary N) is 1. The zero-order valence-electron chi connectivity index (χ0n) is 15.3. The second-order valence-electron chi connectivity index (χ2n) is 5.38. The molecule has 0 heterocycles. The van der Waals surface area contributed by atoms with Crippen molar-refractivity contribution in [3.05, 3.63) is 23.8 Å². The van der Waals surface area contributed by atoms with E-state index in [2.05, 4.69) is 10.1 Å². The van der Waals surface area contributed by atoms with E-state index in [1.807, 2.05) is 0 Å². The average Bonchev–Trinajstić information content (AvgIpc) is 2.60. The fourth-order valence-corrected chi connectivity index (χ4v) is 3.74. The molecule has 0 atom stereocenters. The summed E-state index contributed by atoms with van der Waals surface area (Å²) < 4.78 is 71.9. The lowest BCUT2D eigenvalue weighted by molar-refractivity contribution is -0.173. The maximum absolute atomic E-state index is 12.6. The number of methoxy groups -OCH3 is 1. The van der Waals surface area contributed by atoms with Crippen molar-refractivity contribution in [1.82, 2.24) is 9.62 Å². The molecule has 27 heavy (non-hydrogen) atoms. The molecule has 0 bridgehead atoms. The SMILES string of the molecule is CCN(CC)S(=O)(=O)c1ccc(OC)c(C(=O)NCCOCC(F)(F)F)c1. The molecule has 11 heteroatoms. The summed E-state index contributed by atoms with van der Waals surface area (Å²) in [5, 5.41) is 2.38. The lowest BCUT2D eigenvalue weighted by Gasteiger charge is -2.19. The molecule has 154 valence electrons. The van der Waals surface area contributed by atoms with Crippen molar-refractivity contribution in [3.8, 4) is 5.75 Å². The van der Waals surface area contributed by atoms with Crippen LogP contribution in [0, 0.1) is 0 Å². The van der Waals surface area contributed by atoms with Gasteiger partial charge >= 0.3 is 6.18 Å². The molecule has 0 saturated carbocycles. The van der Waals surface area contributed by atoms with Crippen molar-refractivity contribution in [3.63, 3.8) is 0 Å². The molecule has 0 saturated heterocycles. The Balaban J connectivity index is 2.91. The second kappa shape index (κ2) is 9.90. The van der Waals surface area contributed by atoms with Gasteiger partial charge in [-0.25, -0.2) is 8.42 Å². The van der Waals surface area contributed by atoms with Gasteiger partial charge in [0.25, 0.3) is 5.91 Å². The maximum Gasteiger partial charge on any atom is 0.411 e. The number of rotatable bonds is 10. The Morgan fingerprint density at radius 2 is 1.85 bits per heavy atom. The number of carbonyl (C=O) groups excluding carboxylic acids is 1. The highest BCUT2D eigenvalue weighted by atomic mass is 32.2. The normalized spacial score (nSPS) is 12.3. The standard InChI is InChI=1S/C16H23F3N2O5S/c1-4-21(5-2)27(23,24)12-6-7-14(25-3)13(10-12)15(22)20-8-9-26-11-16(17,18)19/h6-7,10H,4-5,8-9,11H2,1-3H3,(H,20,22). The number of carbonyl (C=O) groups is 1. The Kier molecular flexibility index (Phi) is 8.51. The summed E-state index contributed by atoms with van der Waals surface area (Å²) in [6.07, 6.45) is -4.44. The van der Waals surface area contributed by atoms with Crippen LogP contribution >= 0.6 is 0 Å². The number of benzene rings is 1. The van der Waals surface area contributed by atoms with Crippen molar-refractivity contribution >= 4 is 15.9 Å². The van der Waals surface area contributed by atoms with E-state index in [1.165, 1.54) is 29.6 Å². The quantitative estimate of drug-likeness (QED) is 0.595. The van der Waals surface area contributed by atoms with Crippen molar-refractivity contribution < 1.29 is 35.9 Å². The predicted molar refractivity (Wildman–Crippen MR) is 92.3 cm³/mol. The largest absolute Gasteiger partial charge is 0.496 e. The number of sulfonamides is 1. The summed E-state index contributed by atoms with van der Waals surface area (Å²) in [6.45, 7) is 1.99. The van der Waals surface area contributed by atoms with E-state index < -0.39 is 28.7 Å².